The van der Waals surface area contributed by atoms with Gasteiger partial charge in [-0.1, -0.05) is 146 Å². The second-order valence-electron chi connectivity index (χ2n) is 13.2. The average Bonchev–Trinajstić information content (AvgIpc) is 3.55. The molecule has 0 aliphatic rings. The number of fused-ring (bicyclic) bond motifs is 6. The van der Waals surface area contributed by atoms with E-state index in [1.165, 1.54) is 81.7 Å². The summed E-state index contributed by atoms with van der Waals surface area (Å²) in [7, 11) is 0. The number of rotatable bonds is 3. The maximum absolute atomic E-state index is 6.53. The fourth-order valence-corrected chi connectivity index (χ4v) is 8.41. The van der Waals surface area contributed by atoms with Crippen LogP contribution in [0.2, 0.25) is 0 Å². The first-order chi connectivity index (χ1) is 24.3. The SMILES string of the molecule is c1ccc(-c2cc(-c3ccc4ccc5c(-c6cc7ccccc7c7ccccc67)ccc6ccc3c4c65)c3c(c2)oc2ccccc23)cc1. The Hall–Kier alpha value is -6.44. The summed E-state index contributed by atoms with van der Waals surface area (Å²) >= 11 is 0. The highest BCUT2D eigenvalue weighted by Gasteiger charge is 2.20. The summed E-state index contributed by atoms with van der Waals surface area (Å²) in [6.45, 7) is 0. The maximum atomic E-state index is 6.53. The molecule has 11 aromatic rings. The average molecular weight is 621 g/mol. The molecule has 49 heavy (non-hydrogen) atoms. The summed E-state index contributed by atoms with van der Waals surface area (Å²) in [6.07, 6.45) is 0. The fourth-order valence-electron chi connectivity index (χ4n) is 8.41. The lowest BCUT2D eigenvalue weighted by atomic mass is 9.85. The van der Waals surface area contributed by atoms with E-state index in [1.54, 1.807) is 0 Å². The van der Waals surface area contributed by atoms with Gasteiger partial charge >= 0.3 is 0 Å². The Morgan fingerprint density at radius 1 is 0.265 bits per heavy atom. The van der Waals surface area contributed by atoms with Gasteiger partial charge in [0, 0.05) is 10.8 Å². The van der Waals surface area contributed by atoms with E-state index in [1.807, 2.05) is 0 Å². The van der Waals surface area contributed by atoms with Crippen LogP contribution in [0, 0.1) is 0 Å². The van der Waals surface area contributed by atoms with Crippen molar-refractivity contribution < 1.29 is 4.42 Å². The van der Waals surface area contributed by atoms with Gasteiger partial charge in [0.15, 0.2) is 0 Å². The molecule has 226 valence electrons. The number of hydrogen-bond acceptors (Lipinski definition) is 1. The molecule has 0 fully saturated rings. The van der Waals surface area contributed by atoms with Crippen LogP contribution in [0.1, 0.15) is 0 Å². The Bertz CT molecular complexity index is 3090. The molecule has 0 unspecified atom stereocenters. The minimum Gasteiger partial charge on any atom is -0.456 e. The lowest BCUT2D eigenvalue weighted by Crippen LogP contribution is -1.91. The largest absolute Gasteiger partial charge is 0.456 e. The lowest BCUT2D eigenvalue weighted by Gasteiger charge is -2.18. The number of hydrogen-bond donors (Lipinski definition) is 0. The van der Waals surface area contributed by atoms with Gasteiger partial charge in [0.1, 0.15) is 11.2 Å². The van der Waals surface area contributed by atoms with Crippen molar-refractivity contribution in [1.82, 2.24) is 0 Å². The maximum Gasteiger partial charge on any atom is 0.136 e. The van der Waals surface area contributed by atoms with Crippen LogP contribution in [-0.4, -0.2) is 0 Å². The zero-order valence-corrected chi connectivity index (χ0v) is 26.6. The van der Waals surface area contributed by atoms with E-state index in [0.29, 0.717) is 0 Å². The highest BCUT2D eigenvalue weighted by molar-refractivity contribution is 6.30. The van der Waals surface area contributed by atoms with Gasteiger partial charge in [0.25, 0.3) is 0 Å². The first-order valence-corrected chi connectivity index (χ1v) is 16.9. The third-order valence-electron chi connectivity index (χ3n) is 10.6. The number of benzene rings is 10. The molecule has 0 spiro atoms. The molecule has 0 bridgehead atoms. The third kappa shape index (κ3) is 3.82. The van der Waals surface area contributed by atoms with E-state index in [9.17, 15) is 0 Å². The van der Waals surface area contributed by atoms with Crippen LogP contribution >= 0.6 is 0 Å². The Balaban J connectivity index is 1.24. The zero-order chi connectivity index (χ0) is 32.1. The van der Waals surface area contributed by atoms with Crippen LogP contribution in [0.4, 0.5) is 0 Å². The summed E-state index contributed by atoms with van der Waals surface area (Å²) in [6, 6.07) is 62.1. The molecule has 11 rings (SSSR count). The van der Waals surface area contributed by atoms with Crippen LogP contribution in [-0.2, 0) is 0 Å². The van der Waals surface area contributed by atoms with Gasteiger partial charge in [-0.05, 0) is 112 Å². The standard InChI is InChI=1S/C48H28O/c1-2-10-29(11-3-1)33-27-43(48-41-16-8-9-17-44(41)49-45(48)28-33)38-23-19-31-20-24-39-37(22-18-30-21-25-40(38)47(31)46(30)39)42-26-32-12-4-5-13-34(32)35-14-6-7-15-36(35)42/h1-28H. The molecule has 0 saturated heterocycles. The predicted octanol–water partition coefficient (Wildman–Crippen LogP) is 13.8. The second kappa shape index (κ2) is 10.0. The Labute approximate surface area is 282 Å². The Morgan fingerprint density at radius 3 is 1.61 bits per heavy atom. The molecular weight excluding hydrogens is 593 g/mol. The summed E-state index contributed by atoms with van der Waals surface area (Å²) in [5.41, 5.74) is 9.10. The van der Waals surface area contributed by atoms with Gasteiger partial charge < -0.3 is 4.42 Å². The molecular formula is C48H28O. The molecule has 0 aliphatic heterocycles. The normalized spacial score (nSPS) is 12.1. The van der Waals surface area contributed by atoms with Crippen LogP contribution in [0.5, 0.6) is 0 Å². The summed E-state index contributed by atoms with van der Waals surface area (Å²) in [5, 5.41) is 15.1. The molecule has 1 nitrogen and oxygen atoms in total. The first-order valence-electron chi connectivity index (χ1n) is 16.9. The van der Waals surface area contributed by atoms with Crippen molar-refractivity contribution >= 4 is 75.8 Å². The zero-order valence-electron chi connectivity index (χ0n) is 26.6. The second-order valence-corrected chi connectivity index (χ2v) is 13.2. The van der Waals surface area contributed by atoms with Crippen LogP contribution < -0.4 is 0 Å². The molecule has 0 radical (unpaired) electrons. The molecule has 0 amide bonds. The number of furan rings is 1. The molecule has 1 aromatic heterocycles. The van der Waals surface area contributed by atoms with Crippen molar-refractivity contribution in [3.63, 3.8) is 0 Å². The molecule has 10 aromatic carbocycles. The highest BCUT2D eigenvalue weighted by Crippen LogP contribution is 2.47. The predicted molar refractivity (Wildman–Crippen MR) is 209 cm³/mol. The van der Waals surface area contributed by atoms with Gasteiger partial charge in [-0.15, -0.1) is 0 Å². The third-order valence-corrected chi connectivity index (χ3v) is 10.6. The van der Waals surface area contributed by atoms with Gasteiger partial charge in [0.2, 0.25) is 0 Å². The van der Waals surface area contributed by atoms with Crippen LogP contribution in [0.25, 0.3) is 109 Å². The van der Waals surface area contributed by atoms with Gasteiger partial charge in [-0.2, -0.15) is 0 Å². The fraction of sp³-hybridized carbons (Fsp3) is 0. The smallest absolute Gasteiger partial charge is 0.136 e. The minimum atomic E-state index is 0.911. The van der Waals surface area contributed by atoms with Crippen molar-refractivity contribution in [3.05, 3.63) is 170 Å². The molecule has 0 saturated carbocycles. The molecule has 0 aliphatic carbocycles. The lowest BCUT2D eigenvalue weighted by molar-refractivity contribution is 0.669. The molecule has 0 atom stereocenters. The van der Waals surface area contributed by atoms with Crippen molar-refractivity contribution in [2.75, 3.05) is 0 Å². The van der Waals surface area contributed by atoms with E-state index >= 15 is 0 Å². The summed E-state index contributed by atoms with van der Waals surface area (Å²) in [5.74, 6) is 0. The topological polar surface area (TPSA) is 13.1 Å². The van der Waals surface area contributed by atoms with Crippen LogP contribution in [0.15, 0.2) is 174 Å². The monoisotopic (exact) mass is 620 g/mol. The quantitative estimate of drug-likeness (QED) is 0.179. The highest BCUT2D eigenvalue weighted by atomic mass is 16.3. The van der Waals surface area contributed by atoms with Crippen molar-refractivity contribution in [2.24, 2.45) is 0 Å². The van der Waals surface area contributed by atoms with Gasteiger partial charge in [-0.25, -0.2) is 0 Å². The van der Waals surface area contributed by atoms with E-state index in [2.05, 4.69) is 170 Å². The number of para-hydroxylation sites is 1. The van der Waals surface area contributed by atoms with Crippen LogP contribution in [0.3, 0.4) is 0 Å². The van der Waals surface area contributed by atoms with Gasteiger partial charge in [-0.3, -0.25) is 0 Å². The van der Waals surface area contributed by atoms with Crippen molar-refractivity contribution in [1.29, 1.82) is 0 Å². The van der Waals surface area contributed by atoms with Gasteiger partial charge in [0.05, 0.1) is 0 Å². The van der Waals surface area contributed by atoms with Crippen molar-refractivity contribution in [2.45, 2.75) is 0 Å². The van der Waals surface area contributed by atoms with E-state index in [-0.39, 0.29) is 0 Å². The van der Waals surface area contributed by atoms with E-state index in [4.69, 9.17) is 4.42 Å². The summed E-state index contributed by atoms with van der Waals surface area (Å²) < 4.78 is 6.53. The van der Waals surface area contributed by atoms with E-state index < -0.39 is 0 Å². The van der Waals surface area contributed by atoms with Crippen molar-refractivity contribution in [3.8, 4) is 33.4 Å². The Morgan fingerprint density at radius 2 is 0.857 bits per heavy atom. The molecule has 1 heterocycles. The Kier molecular flexibility index (Phi) is 5.45. The summed E-state index contributed by atoms with van der Waals surface area (Å²) in [4.78, 5) is 0. The minimum absolute atomic E-state index is 0.911. The molecule has 1 heteroatoms. The molecule has 0 N–H and O–H groups in total. The first kappa shape index (κ1) is 26.6. The van der Waals surface area contributed by atoms with E-state index in [0.717, 1.165) is 27.5 Å².